The highest BCUT2D eigenvalue weighted by atomic mass is 19.2. The maximum atomic E-state index is 14.0. The number of piperidine rings is 1. The van der Waals surface area contributed by atoms with Crippen LogP contribution in [0.5, 0.6) is 11.5 Å². The molecule has 1 fully saturated rings. The van der Waals surface area contributed by atoms with Crippen LogP contribution in [0.4, 0.5) is 19.3 Å². The number of anilines is 1. The van der Waals surface area contributed by atoms with Gasteiger partial charge in [-0.15, -0.1) is 0 Å². The Hall–Kier alpha value is -3.95. The van der Waals surface area contributed by atoms with Gasteiger partial charge in [-0.25, -0.2) is 13.6 Å². The smallest absolute Gasteiger partial charge is 0.407 e. The number of aromatic nitrogens is 2. The summed E-state index contributed by atoms with van der Waals surface area (Å²) in [5.41, 5.74) is 3.05. The number of halogens is 2. The van der Waals surface area contributed by atoms with Crippen molar-refractivity contribution < 1.29 is 28.2 Å². The molecule has 0 unspecified atom stereocenters. The van der Waals surface area contributed by atoms with Crippen molar-refractivity contribution in [2.24, 2.45) is 0 Å². The molecule has 3 aromatic rings. The first kappa shape index (κ1) is 24.7. The molecule has 37 heavy (non-hydrogen) atoms. The van der Waals surface area contributed by atoms with E-state index in [1.165, 1.54) is 17.9 Å². The molecule has 8 nitrogen and oxygen atoms in total. The fraction of sp³-hybridized carbons (Fsp3) is 0.370. The predicted molar refractivity (Wildman–Crippen MR) is 133 cm³/mol. The van der Waals surface area contributed by atoms with E-state index in [0.717, 1.165) is 40.9 Å². The zero-order valence-electron chi connectivity index (χ0n) is 20.7. The number of rotatable bonds is 4. The monoisotopic (exact) mass is 510 g/mol. The molecular weight excluding hydrogens is 482 g/mol. The molecule has 10 heteroatoms. The number of hydrogen-bond acceptors (Lipinski definition) is 4. The van der Waals surface area contributed by atoms with Crippen LogP contribution < -0.4 is 9.64 Å². The zero-order valence-corrected chi connectivity index (χ0v) is 20.7. The standard InChI is InChI=1S/C27H28F2N4O4/c1-16-3-5-22-25(33(16)17(2)34)8-6-21(26(22)37-20-4-7-23(28)24(29)13-20)18-14-30-32(15-18)19-9-11-31(12-10-19)27(35)36/h4,6-8,13-16,19H,3,5,9-12H2,1-2H3,(H,35,36)/t16-/m0/s1. The fourth-order valence-corrected chi connectivity index (χ4v) is 5.29. The second-order valence-corrected chi connectivity index (χ2v) is 9.60. The molecule has 2 aliphatic rings. The molecular formula is C27H28F2N4O4. The first-order valence-corrected chi connectivity index (χ1v) is 12.3. The average Bonchev–Trinajstić information content (AvgIpc) is 3.36. The Kier molecular flexibility index (Phi) is 6.57. The summed E-state index contributed by atoms with van der Waals surface area (Å²) in [6, 6.07) is 7.23. The topological polar surface area (TPSA) is 87.9 Å². The predicted octanol–water partition coefficient (Wildman–Crippen LogP) is 5.62. The summed E-state index contributed by atoms with van der Waals surface area (Å²) in [5, 5.41) is 13.8. The van der Waals surface area contributed by atoms with E-state index < -0.39 is 17.7 Å². The van der Waals surface area contributed by atoms with Crippen LogP contribution in [-0.4, -0.2) is 50.9 Å². The van der Waals surface area contributed by atoms with Gasteiger partial charge in [-0.1, -0.05) is 0 Å². The number of fused-ring (bicyclic) bond motifs is 1. The lowest BCUT2D eigenvalue weighted by Crippen LogP contribution is -2.40. The van der Waals surface area contributed by atoms with Crippen LogP contribution in [0.25, 0.3) is 11.1 Å². The van der Waals surface area contributed by atoms with Crippen LogP contribution in [0, 0.1) is 11.6 Å². The second kappa shape index (κ2) is 9.84. The van der Waals surface area contributed by atoms with Crippen LogP contribution in [0.1, 0.15) is 44.7 Å². The van der Waals surface area contributed by atoms with Crippen molar-refractivity contribution in [3.63, 3.8) is 0 Å². The van der Waals surface area contributed by atoms with E-state index >= 15 is 0 Å². The van der Waals surface area contributed by atoms with Crippen molar-refractivity contribution in [2.45, 2.75) is 51.6 Å². The van der Waals surface area contributed by atoms with Gasteiger partial charge >= 0.3 is 6.09 Å². The van der Waals surface area contributed by atoms with E-state index in [1.807, 2.05) is 29.9 Å². The van der Waals surface area contributed by atoms with E-state index in [0.29, 0.717) is 38.1 Å². The molecule has 0 saturated carbocycles. The largest absolute Gasteiger partial charge is 0.465 e. The summed E-state index contributed by atoms with van der Waals surface area (Å²) in [5.74, 6) is -1.43. The minimum Gasteiger partial charge on any atom is -0.465 e. The average molecular weight is 511 g/mol. The summed E-state index contributed by atoms with van der Waals surface area (Å²) in [7, 11) is 0. The third-order valence-corrected chi connectivity index (χ3v) is 7.22. The van der Waals surface area contributed by atoms with Gasteiger partial charge in [0, 0.05) is 55.0 Å². The number of carbonyl (C=O) groups excluding carboxylic acids is 1. The van der Waals surface area contributed by atoms with Crippen molar-refractivity contribution in [1.29, 1.82) is 0 Å². The Morgan fingerprint density at radius 3 is 2.51 bits per heavy atom. The number of likely N-dealkylation sites (tertiary alicyclic amines) is 1. The number of carbonyl (C=O) groups is 2. The van der Waals surface area contributed by atoms with Crippen molar-refractivity contribution in [2.75, 3.05) is 18.0 Å². The van der Waals surface area contributed by atoms with Gasteiger partial charge in [0.2, 0.25) is 5.91 Å². The first-order valence-electron chi connectivity index (χ1n) is 12.3. The van der Waals surface area contributed by atoms with Gasteiger partial charge in [0.05, 0.1) is 17.9 Å². The molecule has 2 amide bonds. The lowest BCUT2D eigenvalue weighted by Gasteiger charge is -2.36. The Morgan fingerprint density at radius 1 is 1.08 bits per heavy atom. The van der Waals surface area contributed by atoms with Gasteiger partial charge in [-0.05, 0) is 56.9 Å². The van der Waals surface area contributed by atoms with Crippen molar-refractivity contribution in [3.05, 3.63) is 59.9 Å². The molecule has 2 aromatic carbocycles. The highest BCUT2D eigenvalue weighted by Crippen LogP contribution is 2.45. The van der Waals surface area contributed by atoms with Crippen molar-refractivity contribution in [1.82, 2.24) is 14.7 Å². The number of benzene rings is 2. The maximum Gasteiger partial charge on any atom is 0.407 e. The maximum absolute atomic E-state index is 14.0. The molecule has 1 N–H and O–H groups in total. The van der Waals surface area contributed by atoms with Crippen LogP contribution in [0.2, 0.25) is 0 Å². The Morgan fingerprint density at radius 2 is 1.84 bits per heavy atom. The second-order valence-electron chi connectivity index (χ2n) is 9.60. The fourth-order valence-electron chi connectivity index (χ4n) is 5.29. The Bertz CT molecular complexity index is 1350. The lowest BCUT2D eigenvalue weighted by atomic mass is 9.92. The van der Waals surface area contributed by atoms with Crippen LogP contribution in [0.3, 0.4) is 0 Å². The van der Waals surface area contributed by atoms with E-state index in [1.54, 1.807) is 11.1 Å². The number of carboxylic acid groups (broad SMARTS) is 1. The quantitative estimate of drug-likeness (QED) is 0.492. The van der Waals surface area contributed by atoms with E-state index in [-0.39, 0.29) is 23.7 Å². The van der Waals surface area contributed by atoms with E-state index in [4.69, 9.17) is 4.74 Å². The van der Waals surface area contributed by atoms with E-state index in [9.17, 15) is 23.5 Å². The molecule has 0 aliphatic carbocycles. The minimum atomic E-state index is -1.01. The third kappa shape index (κ3) is 4.75. The van der Waals surface area contributed by atoms with Crippen LogP contribution in [0.15, 0.2) is 42.7 Å². The van der Waals surface area contributed by atoms with E-state index in [2.05, 4.69) is 5.10 Å². The Balaban J connectivity index is 1.54. The molecule has 2 aliphatic heterocycles. The highest BCUT2D eigenvalue weighted by Gasteiger charge is 2.31. The van der Waals surface area contributed by atoms with Gasteiger partial charge < -0.3 is 19.6 Å². The molecule has 0 radical (unpaired) electrons. The van der Waals surface area contributed by atoms with Gasteiger partial charge in [0.25, 0.3) is 0 Å². The summed E-state index contributed by atoms with van der Waals surface area (Å²) >= 11 is 0. The number of nitrogens with zero attached hydrogens (tertiary/aromatic N) is 4. The molecule has 3 heterocycles. The molecule has 5 rings (SSSR count). The number of ether oxygens (including phenoxy) is 1. The Labute approximate surface area is 213 Å². The molecule has 1 atom stereocenters. The summed E-state index contributed by atoms with van der Waals surface area (Å²) in [6.45, 7) is 4.40. The normalized spacial score (nSPS) is 18.0. The van der Waals surface area contributed by atoms with Crippen molar-refractivity contribution in [3.8, 4) is 22.6 Å². The molecule has 0 bridgehead atoms. The zero-order chi connectivity index (χ0) is 26.3. The van der Waals surface area contributed by atoms with Crippen molar-refractivity contribution >= 4 is 17.7 Å². The van der Waals surface area contributed by atoms with Crippen LogP contribution in [-0.2, 0) is 11.2 Å². The van der Waals surface area contributed by atoms with Gasteiger partial charge in [0.15, 0.2) is 11.6 Å². The molecule has 1 saturated heterocycles. The van der Waals surface area contributed by atoms with Crippen LogP contribution >= 0.6 is 0 Å². The summed E-state index contributed by atoms with van der Waals surface area (Å²) in [6.07, 6.45) is 5.39. The van der Waals surface area contributed by atoms with Gasteiger partial charge in [0.1, 0.15) is 11.5 Å². The number of hydrogen-bond donors (Lipinski definition) is 1. The lowest BCUT2D eigenvalue weighted by molar-refractivity contribution is -0.117. The first-order chi connectivity index (χ1) is 17.7. The summed E-state index contributed by atoms with van der Waals surface area (Å²) < 4.78 is 35.6. The minimum absolute atomic E-state index is 0.0198. The molecule has 1 aromatic heterocycles. The van der Waals surface area contributed by atoms with Gasteiger partial charge in [-0.3, -0.25) is 9.48 Å². The SMILES string of the molecule is CC(=O)N1c2ccc(-c3cnn(C4CCN(C(=O)O)CC4)c3)c(Oc3ccc(F)c(F)c3)c2CC[C@@H]1C. The van der Waals surface area contributed by atoms with Gasteiger partial charge in [-0.2, -0.15) is 5.10 Å². The molecule has 0 spiro atoms. The molecule has 194 valence electrons. The third-order valence-electron chi connectivity index (χ3n) is 7.22. The summed E-state index contributed by atoms with van der Waals surface area (Å²) in [4.78, 5) is 26.8. The highest BCUT2D eigenvalue weighted by molar-refractivity contribution is 5.95. The number of amides is 2.